The highest BCUT2D eigenvalue weighted by Gasteiger charge is 2.38. The van der Waals surface area contributed by atoms with E-state index in [1.165, 1.54) is 24.8 Å². The third-order valence-corrected chi connectivity index (χ3v) is 4.61. The van der Waals surface area contributed by atoms with Gasteiger partial charge in [0.1, 0.15) is 0 Å². The average molecular weight is 231 g/mol. The summed E-state index contributed by atoms with van der Waals surface area (Å²) in [6, 6.07) is 11.2. The second-order valence-corrected chi connectivity index (χ2v) is 6.28. The summed E-state index contributed by atoms with van der Waals surface area (Å²) >= 11 is 0. The summed E-state index contributed by atoms with van der Waals surface area (Å²) in [6.07, 6.45) is 3.78. The van der Waals surface area contributed by atoms with Gasteiger partial charge < -0.3 is 5.73 Å². The number of nitrogens with two attached hydrogens (primary N) is 1. The Morgan fingerprint density at radius 3 is 2.35 bits per heavy atom. The molecule has 2 unspecified atom stereocenters. The van der Waals surface area contributed by atoms with Crippen LogP contribution >= 0.6 is 0 Å². The molecule has 1 aliphatic rings. The van der Waals surface area contributed by atoms with Crippen LogP contribution in [0.2, 0.25) is 0 Å². The molecule has 1 fully saturated rings. The van der Waals surface area contributed by atoms with Gasteiger partial charge in [0.2, 0.25) is 0 Å². The lowest BCUT2D eigenvalue weighted by Gasteiger charge is -2.43. The molecule has 0 saturated heterocycles. The fraction of sp³-hybridized carbons (Fsp3) is 0.625. The van der Waals surface area contributed by atoms with Crippen LogP contribution in [0, 0.1) is 11.8 Å². The second-order valence-electron chi connectivity index (χ2n) is 6.28. The van der Waals surface area contributed by atoms with Gasteiger partial charge in [-0.2, -0.15) is 0 Å². The minimum Gasteiger partial charge on any atom is -0.327 e. The Hall–Kier alpha value is -0.820. The van der Waals surface area contributed by atoms with Gasteiger partial charge >= 0.3 is 0 Å². The largest absolute Gasteiger partial charge is 0.327 e. The molecule has 1 aliphatic carbocycles. The van der Waals surface area contributed by atoms with Crippen LogP contribution in [-0.4, -0.2) is 6.04 Å². The Morgan fingerprint density at radius 2 is 1.76 bits per heavy atom. The lowest BCUT2D eigenvalue weighted by atomic mass is 9.64. The van der Waals surface area contributed by atoms with Crippen molar-refractivity contribution in [1.82, 2.24) is 0 Å². The molecule has 1 heteroatoms. The second kappa shape index (κ2) is 4.81. The average Bonchev–Trinajstić information content (AvgIpc) is 2.29. The van der Waals surface area contributed by atoms with Crippen molar-refractivity contribution in [3.8, 4) is 0 Å². The molecule has 1 nitrogen and oxygen atoms in total. The van der Waals surface area contributed by atoms with E-state index in [0.717, 1.165) is 5.92 Å². The number of hydrogen-bond donors (Lipinski definition) is 1. The van der Waals surface area contributed by atoms with E-state index in [1.807, 2.05) is 0 Å². The highest BCUT2D eigenvalue weighted by Crippen LogP contribution is 2.41. The highest BCUT2D eigenvalue weighted by molar-refractivity contribution is 5.25. The summed E-state index contributed by atoms with van der Waals surface area (Å²) < 4.78 is 0. The summed E-state index contributed by atoms with van der Waals surface area (Å²) in [5.74, 6) is 1.41. The molecule has 3 atom stereocenters. The van der Waals surface area contributed by atoms with Crippen molar-refractivity contribution in [2.45, 2.75) is 51.5 Å². The molecule has 2 rings (SSSR count). The van der Waals surface area contributed by atoms with E-state index < -0.39 is 0 Å². The zero-order valence-corrected chi connectivity index (χ0v) is 11.3. The van der Waals surface area contributed by atoms with E-state index in [9.17, 15) is 0 Å². The van der Waals surface area contributed by atoms with Gasteiger partial charge in [0, 0.05) is 6.04 Å². The van der Waals surface area contributed by atoms with Gasteiger partial charge in [0.25, 0.3) is 0 Å². The van der Waals surface area contributed by atoms with E-state index in [4.69, 9.17) is 5.73 Å². The Morgan fingerprint density at radius 1 is 1.12 bits per heavy atom. The predicted octanol–water partition coefficient (Wildman–Crippen LogP) is 3.73. The Balaban J connectivity index is 2.21. The molecule has 17 heavy (non-hydrogen) atoms. The highest BCUT2D eigenvalue weighted by atomic mass is 14.7. The van der Waals surface area contributed by atoms with Crippen molar-refractivity contribution >= 4 is 0 Å². The summed E-state index contributed by atoms with van der Waals surface area (Å²) in [6.45, 7) is 7.03. The van der Waals surface area contributed by atoms with Crippen molar-refractivity contribution < 1.29 is 0 Å². The molecule has 0 amide bonds. The first kappa shape index (κ1) is 12.6. The van der Waals surface area contributed by atoms with Crippen molar-refractivity contribution in [1.29, 1.82) is 0 Å². The fourth-order valence-corrected chi connectivity index (χ4v) is 3.40. The molecule has 2 N–H and O–H groups in total. The standard InChI is InChI=1S/C16H25N/c1-12-9-10-14(15(17)11-12)16(2,3)13-7-5-4-6-8-13/h4-8,12,14-15H,9-11,17H2,1-3H3/t12-,14?,15?/m1/s1. The maximum absolute atomic E-state index is 6.39. The van der Waals surface area contributed by atoms with E-state index in [0.29, 0.717) is 12.0 Å². The Kier molecular flexibility index (Phi) is 3.58. The third kappa shape index (κ3) is 2.55. The normalized spacial score (nSPS) is 30.2. The van der Waals surface area contributed by atoms with Crippen LogP contribution in [0.25, 0.3) is 0 Å². The zero-order chi connectivity index (χ0) is 12.5. The molecule has 0 bridgehead atoms. The van der Waals surface area contributed by atoms with E-state index >= 15 is 0 Å². The van der Waals surface area contributed by atoms with Gasteiger partial charge in [-0.05, 0) is 35.7 Å². The first-order valence-electron chi connectivity index (χ1n) is 6.83. The van der Waals surface area contributed by atoms with Gasteiger partial charge in [-0.3, -0.25) is 0 Å². The van der Waals surface area contributed by atoms with Crippen LogP contribution in [0.3, 0.4) is 0 Å². The third-order valence-electron chi connectivity index (χ3n) is 4.61. The van der Waals surface area contributed by atoms with Crippen LogP contribution in [-0.2, 0) is 5.41 Å². The quantitative estimate of drug-likeness (QED) is 0.824. The van der Waals surface area contributed by atoms with Crippen molar-refractivity contribution in [3.05, 3.63) is 35.9 Å². The van der Waals surface area contributed by atoms with Crippen molar-refractivity contribution in [2.24, 2.45) is 17.6 Å². The molecule has 0 aliphatic heterocycles. The van der Waals surface area contributed by atoms with Gasteiger partial charge in [-0.15, -0.1) is 0 Å². The summed E-state index contributed by atoms with van der Waals surface area (Å²) in [5.41, 5.74) is 8.01. The molecule has 1 aromatic carbocycles. The predicted molar refractivity (Wildman–Crippen MR) is 73.9 cm³/mol. The molecule has 0 radical (unpaired) electrons. The minimum absolute atomic E-state index is 0.195. The fourth-order valence-electron chi connectivity index (χ4n) is 3.40. The maximum atomic E-state index is 6.39. The smallest absolute Gasteiger partial charge is 0.00780 e. The van der Waals surface area contributed by atoms with Crippen LogP contribution < -0.4 is 5.73 Å². The first-order chi connectivity index (χ1) is 8.01. The molecular formula is C16H25N. The molecule has 0 aromatic heterocycles. The van der Waals surface area contributed by atoms with E-state index in [1.54, 1.807) is 0 Å². The minimum atomic E-state index is 0.195. The van der Waals surface area contributed by atoms with E-state index in [2.05, 4.69) is 51.1 Å². The molecule has 0 heterocycles. The van der Waals surface area contributed by atoms with Gasteiger partial charge in [0.15, 0.2) is 0 Å². The van der Waals surface area contributed by atoms with Gasteiger partial charge in [0.05, 0.1) is 0 Å². The Labute approximate surface area is 105 Å². The topological polar surface area (TPSA) is 26.0 Å². The van der Waals surface area contributed by atoms with Crippen LogP contribution in [0.1, 0.15) is 45.6 Å². The number of benzene rings is 1. The lowest BCUT2D eigenvalue weighted by Crippen LogP contribution is -2.45. The monoisotopic (exact) mass is 231 g/mol. The molecule has 1 saturated carbocycles. The van der Waals surface area contributed by atoms with Gasteiger partial charge in [-0.1, -0.05) is 57.5 Å². The van der Waals surface area contributed by atoms with Crippen LogP contribution in [0.5, 0.6) is 0 Å². The molecule has 0 spiro atoms. The lowest BCUT2D eigenvalue weighted by molar-refractivity contribution is 0.171. The summed E-state index contributed by atoms with van der Waals surface area (Å²) in [4.78, 5) is 0. The van der Waals surface area contributed by atoms with Crippen LogP contribution in [0.4, 0.5) is 0 Å². The summed E-state index contributed by atoms with van der Waals surface area (Å²) in [7, 11) is 0. The van der Waals surface area contributed by atoms with E-state index in [-0.39, 0.29) is 5.41 Å². The van der Waals surface area contributed by atoms with Gasteiger partial charge in [-0.25, -0.2) is 0 Å². The number of hydrogen-bond acceptors (Lipinski definition) is 1. The van der Waals surface area contributed by atoms with Crippen LogP contribution in [0.15, 0.2) is 30.3 Å². The maximum Gasteiger partial charge on any atom is 0.00780 e. The molecular weight excluding hydrogens is 206 g/mol. The summed E-state index contributed by atoms with van der Waals surface area (Å²) in [5, 5.41) is 0. The molecule has 94 valence electrons. The molecule has 1 aromatic rings. The SMILES string of the molecule is C[C@@H]1CCC(C(C)(C)c2ccccc2)C(N)C1. The Bertz CT molecular complexity index is 355. The first-order valence-corrected chi connectivity index (χ1v) is 6.83. The number of rotatable bonds is 2. The van der Waals surface area contributed by atoms with Crippen molar-refractivity contribution in [2.75, 3.05) is 0 Å². The van der Waals surface area contributed by atoms with Crippen molar-refractivity contribution in [3.63, 3.8) is 0 Å². The zero-order valence-electron chi connectivity index (χ0n) is 11.3.